The Bertz CT molecular complexity index is 807. The van der Waals surface area contributed by atoms with E-state index in [1.54, 1.807) is 24.3 Å². The molecule has 2 amide bonds. The third-order valence-corrected chi connectivity index (χ3v) is 4.98. The molecule has 0 unspecified atom stereocenters. The SMILES string of the molecule is CC(=O)Nc1cccc(C(=O)N2CCO[C@@H](c3ccc(Br)cc3)[C@@H]2C)c1. The van der Waals surface area contributed by atoms with Crippen molar-refractivity contribution in [1.82, 2.24) is 4.90 Å². The third-order valence-electron chi connectivity index (χ3n) is 4.45. The molecule has 0 aliphatic carbocycles. The Morgan fingerprint density at radius 3 is 2.62 bits per heavy atom. The van der Waals surface area contributed by atoms with Crippen LogP contribution < -0.4 is 5.32 Å². The van der Waals surface area contributed by atoms with Crippen LogP contribution >= 0.6 is 15.9 Å². The lowest BCUT2D eigenvalue weighted by atomic mass is 9.99. The molecule has 26 heavy (non-hydrogen) atoms. The molecule has 3 rings (SSSR count). The molecule has 136 valence electrons. The van der Waals surface area contributed by atoms with Crippen molar-refractivity contribution in [2.24, 2.45) is 0 Å². The summed E-state index contributed by atoms with van der Waals surface area (Å²) in [5.74, 6) is -0.222. The van der Waals surface area contributed by atoms with Gasteiger partial charge in [-0.05, 0) is 42.8 Å². The van der Waals surface area contributed by atoms with Gasteiger partial charge in [0.1, 0.15) is 6.10 Å². The first kappa shape index (κ1) is 18.6. The second-order valence-electron chi connectivity index (χ2n) is 6.34. The monoisotopic (exact) mass is 416 g/mol. The maximum absolute atomic E-state index is 13.0. The number of benzene rings is 2. The highest BCUT2D eigenvalue weighted by atomic mass is 79.9. The minimum atomic E-state index is -0.167. The summed E-state index contributed by atoms with van der Waals surface area (Å²) in [6.07, 6.45) is -0.167. The van der Waals surface area contributed by atoms with Gasteiger partial charge in [-0.1, -0.05) is 34.1 Å². The van der Waals surface area contributed by atoms with E-state index in [-0.39, 0.29) is 24.0 Å². The quantitative estimate of drug-likeness (QED) is 0.821. The van der Waals surface area contributed by atoms with Crippen molar-refractivity contribution in [1.29, 1.82) is 0 Å². The molecular formula is C20H21BrN2O3. The van der Waals surface area contributed by atoms with Gasteiger partial charge in [-0.15, -0.1) is 0 Å². The number of hydrogen-bond acceptors (Lipinski definition) is 3. The summed E-state index contributed by atoms with van der Waals surface area (Å²) in [6, 6.07) is 14.9. The zero-order valence-electron chi connectivity index (χ0n) is 14.7. The van der Waals surface area contributed by atoms with E-state index in [1.807, 2.05) is 36.1 Å². The van der Waals surface area contributed by atoms with Gasteiger partial charge in [-0.3, -0.25) is 9.59 Å². The summed E-state index contributed by atoms with van der Waals surface area (Å²) < 4.78 is 6.95. The smallest absolute Gasteiger partial charge is 0.254 e. The van der Waals surface area contributed by atoms with Crippen LogP contribution in [0.1, 0.15) is 35.9 Å². The van der Waals surface area contributed by atoms with Crippen molar-refractivity contribution in [3.05, 3.63) is 64.1 Å². The maximum atomic E-state index is 13.0. The predicted octanol–water partition coefficient (Wildman–Crippen LogP) is 4.01. The van der Waals surface area contributed by atoms with E-state index >= 15 is 0 Å². The lowest BCUT2D eigenvalue weighted by Crippen LogP contribution is -2.48. The fourth-order valence-electron chi connectivity index (χ4n) is 3.20. The minimum absolute atomic E-state index is 0.0601. The summed E-state index contributed by atoms with van der Waals surface area (Å²) in [5.41, 5.74) is 2.22. The zero-order chi connectivity index (χ0) is 18.7. The highest BCUT2D eigenvalue weighted by Crippen LogP contribution is 2.30. The Labute approximate surface area is 161 Å². The first-order chi connectivity index (χ1) is 12.5. The molecule has 1 aliphatic heterocycles. The topological polar surface area (TPSA) is 58.6 Å². The average Bonchev–Trinajstić information content (AvgIpc) is 2.62. The van der Waals surface area contributed by atoms with Gasteiger partial charge < -0.3 is 15.0 Å². The molecule has 1 saturated heterocycles. The Morgan fingerprint density at radius 2 is 1.92 bits per heavy atom. The molecule has 0 radical (unpaired) electrons. The van der Waals surface area contributed by atoms with Crippen LogP contribution in [0.3, 0.4) is 0 Å². The number of nitrogens with zero attached hydrogens (tertiary/aromatic N) is 1. The maximum Gasteiger partial charge on any atom is 0.254 e. The molecule has 0 saturated carbocycles. The van der Waals surface area contributed by atoms with Gasteiger partial charge in [-0.25, -0.2) is 0 Å². The molecule has 1 fully saturated rings. The lowest BCUT2D eigenvalue weighted by Gasteiger charge is -2.39. The largest absolute Gasteiger partial charge is 0.370 e. The summed E-state index contributed by atoms with van der Waals surface area (Å²) in [6.45, 7) is 4.47. The van der Waals surface area contributed by atoms with Crippen LogP contribution in [0.2, 0.25) is 0 Å². The van der Waals surface area contributed by atoms with Crippen LogP contribution in [0.25, 0.3) is 0 Å². The normalized spacial score (nSPS) is 19.9. The number of rotatable bonds is 3. The van der Waals surface area contributed by atoms with Crippen LogP contribution in [-0.2, 0) is 9.53 Å². The van der Waals surface area contributed by atoms with Gasteiger partial charge in [0.25, 0.3) is 5.91 Å². The fraction of sp³-hybridized carbons (Fsp3) is 0.300. The van der Waals surface area contributed by atoms with Gasteiger partial charge in [0.15, 0.2) is 0 Å². The Hall–Kier alpha value is -2.18. The Balaban J connectivity index is 1.80. The number of carbonyl (C=O) groups is 2. The van der Waals surface area contributed by atoms with Crippen molar-refractivity contribution in [3.8, 4) is 0 Å². The zero-order valence-corrected chi connectivity index (χ0v) is 16.3. The number of halogens is 1. The highest BCUT2D eigenvalue weighted by molar-refractivity contribution is 9.10. The number of amides is 2. The van der Waals surface area contributed by atoms with E-state index in [9.17, 15) is 9.59 Å². The molecule has 0 aromatic heterocycles. The first-order valence-electron chi connectivity index (χ1n) is 8.51. The summed E-state index contributed by atoms with van der Waals surface area (Å²) >= 11 is 3.44. The molecule has 0 spiro atoms. The van der Waals surface area contributed by atoms with Crippen LogP contribution in [-0.4, -0.2) is 35.9 Å². The molecule has 2 atom stereocenters. The van der Waals surface area contributed by atoms with Crippen LogP contribution in [0.4, 0.5) is 5.69 Å². The first-order valence-corrected chi connectivity index (χ1v) is 9.30. The van der Waals surface area contributed by atoms with E-state index in [0.29, 0.717) is 24.4 Å². The van der Waals surface area contributed by atoms with Crippen molar-refractivity contribution in [2.75, 3.05) is 18.5 Å². The van der Waals surface area contributed by atoms with Gasteiger partial charge in [0.05, 0.1) is 12.6 Å². The van der Waals surface area contributed by atoms with Crippen molar-refractivity contribution < 1.29 is 14.3 Å². The molecule has 5 nitrogen and oxygen atoms in total. The molecule has 1 N–H and O–H groups in total. The van der Waals surface area contributed by atoms with E-state index < -0.39 is 0 Å². The minimum Gasteiger partial charge on any atom is -0.370 e. The molecular weight excluding hydrogens is 396 g/mol. The Morgan fingerprint density at radius 1 is 1.19 bits per heavy atom. The standard InChI is InChI=1S/C20H21BrN2O3/c1-13-19(15-6-8-17(21)9-7-15)26-11-10-23(13)20(25)16-4-3-5-18(12-16)22-14(2)24/h3-9,12-13,19H,10-11H2,1-2H3,(H,22,24)/t13-,19+/m0/s1. The summed E-state index contributed by atoms with van der Waals surface area (Å²) in [5, 5.41) is 2.72. The van der Waals surface area contributed by atoms with E-state index in [4.69, 9.17) is 4.74 Å². The molecule has 0 bridgehead atoms. The number of nitrogens with one attached hydrogen (secondary N) is 1. The Kier molecular flexibility index (Phi) is 5.74. The highest BCUT2D eigenvalue weighted by Gasteiger charge is 2.33. The summed E-state index contributed by atoms with van der Waals surface area (Å²) in [4.78, 5) is 26.1. The van der Waals surface area contributed by atoms with Gasteiger partial charge in [0, 0.05) is 29.2 Å². The van der Waals surface area contributed by atoms with Crippen molar-refractivity contribution in [3.63, 3.8) is 0 Å². The average molecular weight is 417 g/mol. The molecule has 1 heterocycles. The number of hydrogen-bond donors (Lipinski definition) is 1. The fourth-order valence-corrected chi connectivity index (χ4v) is 3.46. The van der Waals surface area contributed by atoms with Crippen LogP contribution in [0.5, 0.6) is 0 Å². The lowest BCUT2D eigenvalue weighted by molar-refractivity contribution is -0.114. The third kappa shape index (κ3) is 4.14. The van der Waals surface area contributed by atoms with E-state index in [2.05, 4.69) is 21.2 Å². The molecule has 1 aliphatic rings. The number of anilines is 1. The second-order valence-corrected chi connectivity index (χ2v) is 7.26. The molecule has 6 heteroatoms. The molecule has 2 aromatic rings. The predicted molar refractivity (Wildman–Crippen MR) is 104 cm³/mol. The summed E-state index contributed by atoms with van der Waals surface area (Å²) in [7, 11) is 0. The van der Waals surface area contributed by atoms with E-state index in [1.165, 1.54) is 6.92 Å². The number of carbonyl (C=O) groups excluding carboxylic acids is 2. The van der Waals surface area contributed by atoms with Gasteiger partial charge in [0.2, 0.25) is 5.91 Å². The van der Waals surface area contributed by atoms with E-state index in [0.717, 1.165) is 10.0 Å². The van der Waals surface area contributed by atoms with Crippen molar-refractivity contribution >= 4 is 33.4 Å². The van der Waals surface area contributed by atoms with Gasteiger partial charge >= 0.3 is 0 Å². The van der Waals surface area contributed by atoms with Crippen LogP contribution in [0, 0.1) is 0 Å². The van der Waals surface area contributed by atoms with Gasteiger partial charge in [-0.2, -0.15) is 0 Å². The number of morpholine rings is 1. The number of ether oxygens (including phenoxy) is 1. The van der Waals surface area contributed by atoms with Crippen molar-refractivity contribution in [2.45, 2.75) is 26.0 Å². The molecule has 2 aromatic carbocycles. The van der Waals surface area contributed by atoms with Crippen LogP contribution in [0.15, 0.2) is 53.0 Å². The second kappa shape index (κ2) is 8.01.